The lowest BCUT2D eigenvalue weighted by atomic mass is 9.47. The number of rotatable bonds is 5. The van der Waals surface area contributed by atoms with E-state index in [1.807, 2.05) is 0 Å². The fourth-order valence-corrected chi connectivity index (χ4v) is 8.84. The van der Waals surface area contributed by atoms with E-state index in [-0.39, 0.29) is 6.10 Å². The number of hydrogen-bond acceptors (Lipinski definition) is 1. The molecular formula is C29H48O. The van der Waals surface area contributed by atoms with Gasteiger partial charge in [-0.2, -0.15) is 0 Å². The molecule has 0 bridgehead atoms. The molecule has 4 aliphatic rings. The van der Waals surface area contributed by atoms with Crippen molar-refractivity contribution in [3.8, 4) is 0 Å². The SMILES string of the molecule is C/C=C(\C)[C@H](C)CC[C@@H](C)[C@H]1CC[C@H]2[C@@H]3CC=C4C[C@@H](O)CC[C@]4(C)[C@H]3CC[C@]12C. The van der Waals surface area contributed by atoms with Crippen molar-refractivity contribution in [1.29, 1.82) is 0 Å². The Balaban J connectivity index is 1.47. The fraction of sp³-hybridized carbons (Fsp3) is 0.862. The predicted octanol–water partition coefficient (Wildman–Crippen LogP) is 7.94. The standard InChI is InChI=1S/C29H48O/c1-7-19(2)20(3)8-9-21(4)25-12-13-26-24-11-10-22-18-23(30)14-16-28(22,5)27(24)15-17-29(25,26)6/h7,10,20-21,23-27,30H,8-9,11-18H2,1-6H3/b19-7+/t20-,21-,23+,24+,25-,26+,27+,28+,29-/m1/s1. The largest absolute Gasteiger partial charge is 0.393 e. The summed E-state index contributed by atoms with van der Waals surface area (Å²) in [5.74, 6) is 5.22. The summed E-state index contributed by atoms with van der Waals surface area (Å²) < 4.78 is 0. The van der Waals surface area contributed by atoms with Gasteiger partial charge in [-0.25, -0.2) is 0 Å². The lowest BCUT2D eigenvalue weighted by molar-refractivity contribution is -0.0573. The van der Waals surface area contributed by atoms with Gasteiger partial charge in [-0.05, 0) is 124 Å². The quantitative estimate of drug-likeness (QED) is 0.454. The van der Waals surface area contributed by atoms with Gasteiger partial charge in [0.1, 0.15) is 0 Å². The maximum Gasteiger partial charge on any atom is 0.0577 e. The van der Waals surface area contributed by atoms with Crippen LogP contribution in [0.2, 0.25) is 0 Å². The Kier molecular flexibility index (Phi) is 6.35. The molecule has 0 amide bonds. The minimum Gasteiger partial charge on any atom is -0.393 e. The van der Waals surface area contributed by atoms with Crippen LogP contribution in [-0.2, 0) is 0 Å². The first kappa shape index (κ1) is 22.6. The highest BCUT2D eigenvalue weighted by atomic mass is 16.3. The van der Waals surface area contributed by atoms with E-state index < -0.39 is 0 Å². The summed E-state index contributed by atoms with van der Waals surface area (Å²) in [4.78, 5) is 0. The molecule has 0 spiro atoms. The zero-order valence-electron chi connectivity index (χ0n) is 20.7. The van der Waals surface area contributed by atoms with Crippen LogP contribution in [0.15, 0.2) is 23.3 Å². The second kappa shape index (κ2) is 8.42. The molecule has 1 N–H and O–H groups in total. The van der Waals surface area contributed by atoms with E-state index in [1.165, 1.54) is 51.4 Å². The van der Waals surface area contributed by atoms with Crippen LogP contribution in [0.4, 0.5) is 0 Å². The van der Waals surface area contributed by atoms with Crippen LogP contribution < -0.4 is 0 Å². The van der Waals surface area contributed by atoms with E-state index in [9.17, 15) is 5.11 Å². The van der Waals surface area contributed by atoms with Gasteiger partial charge in [0.05, 0.1) is 6.10 Å². The van der Waals surface area contributed by atoms with Crippen molar-refractivity contribution >= 4 is 0 Å². The molecule has 0 radical (unpaired) electrons. The van der Waals surface area contributed by atoms with Gasteiger partial charge in [-0.3, -0.25) is 0 Å². The summed E-state index contributed by atoms with van der Waals surface area (Å²) in [6.07, 6.45) is 17.8. The molecule has 0 aromatic carbocycles. The average Bonchev–Trinajstić information content (AvgIpc) is 3.09. The van der Waals surface area contributed by atoms with Crippen molar-refractivity contribution in [3.05, 3.63) is 23.3 Å². The van der Waals surface area contributed by atoms with Gasteiger partial charge in [0.15, 0.2) is 0 Å². The van der Waals surface area contributed by atoms with Crippen LogP contribution in [0.5, 0.6) is 0 Å². The highest BCUT2D eigenvalue weighted by molar-refractivity contribution is 5.25. The van der Waals surface area contributed by atoms with Crippen molar-refractivity contribution < 1.29 is 5.11 Å². The van der Waals surface area contributed by atoms with E-state index in [0.29, 0.717) is 10.8 Å². The Morgan fingerprint density at radius 3 is 2.60 bits per heavy atom. The average molecular weight is 413 g/mol. The lowest BCUT2D eigenvalue weighted by Crippen LogP contribution is -2.50. The third-order valence-corrected chi connectivity index (χ3v) is 11.1. The van der Waals surface area contributed by atoms with Gasteiger partial charge >= 0.3 is 0 Å². The maximum absolute atomic E-state index is 10.2. The summed E-state index contributed by atoms with van der Waals surface area (Å²) in [6, 6.07) is 0. The monoisotopic (exact) mass is 412 g/mol. The van der Waals surface area contributed by atoms with Crippen molar-refractivity contribution in [2.45, 2.75) is 112 Å². The Morgan fingerprint density at radius 2 is 1.87 bits per heavy atom. The molecule has 0 heterocycles. The topological polar surface area (TPSA) is 20.2 Å². The van der Waals surface area contributed by atoms with Crippen molar-refractivity contribution in [3.63, 3.8) is 0 Å². The molecule has 1 nitrogen and oxygen atoms in total. The van der Waals surface area contributed by atoms with E-state index in [2.05, 4.69) is 53.7 Å². The molecule has 4 rings (SSSR count). The highest BCUT2D eigenvalue weighted by Gasteiger charge is 2.59. The van der Waals surface area contributed by atoms with Crippen molar-refractivity contribution in [1.82, 2.24) is 0 Å². The van der Waals surface area contributed by atoms with Crippen LogP contribution in [0.25, 0.3) is 0 Å². The Labute approximate surface area is 186 Å². The van der Waals surface area contributed by atoms with Crippen LogP contribution in [0.3, 0.4) is 0 Å². The summed E-state index contributed by atoms with van der Waals surface area (Å²) in [5, 5.41) is 10.2. The van der Waals surface area contributed by atoms with E-state index in [4.69, 9.17) is 0 Å². The van der Waals surface area contributed by atoms with Crippen LogP contribution >= 0.6 is 0 Å². The Bertz CT molecular complexity index is 688. The third kappa shape index (κ3) is 3.66. The summed E-state index contributed by atoms with van der Waals surface area (Å²) in [6.45, 7) is 14.7. The molecule has 0 aromatic heterocycles. The third-order valence-electron chi connectivity index (χ3n) is 11.1. The smallest absolute Gasteiger partial charge is 0.0577 e. The number of fused-ring (bicyclic) bond motifs is 5. The first-order valence-corrected chi connectivity index (χ1v) is 13.2. The van der Waals surface area contributed by atoms with Gasteiger partial charge < -0.3 is 5.11 Å². The van der Waals surface area contributed by atoms with Gasteiger partial charge in [0.25, 0.3) is 0 Å². The van der Waals surface area contributed by atoms with Crippen molar-refractivity contribution in [2.75, 3.05) is 0 Å². The second-order valence-electron chi connectivity index (χ2n) is 12.4. The van der Waals surface area contributed by atoms with E-state index in [1.54, 1.807) is 11.1 Å². The van der Waals surface area contributed by atoms with Crippen LogP contribution in [0, 0.1) is 46.3 Å². The second-order valence-corrected chi connectivity index (χ2v) is 12.4. The molecule has 0 aromatic rings. The molecule has 1 heteroatoms. The van der Waals surface area contributed by atoms with Crippen LogP contribution in [-0.4, -0.2) is 11.2 Å². The lowest BCUT2D eigenvalue weighted by Gasteiger charge is -2.58. The molecule has 170 valence electrons. The summed E-state index contributed by atoms with van der Waals surface area (Å²) >= 11 is 0. The molecule has 4 aliphatic carbocycles. The zero-order chi connectivity index (χ0) is 21.7. The molecule has 30 heavy (non-hydrogen) atoms. The first-order chi connectivity index (χ1) is 14.2. The molecule has 3 saturated carbocycles. The van der Waals surface area contributed by atoms with Crippen LogP contribution in [0.1, 0.15) is 106 Å². The number of allylic oxidation sites excluding steroid dienone is 3. The van der Waals surface area contributed by atoms with Gasteiger partial charge in [0, 0.05) is 0 Å². The van der Waals surface area contributed by atoms with Gasteiger partial charge in [-0.15, -0.1) is 0 Å². The Morgan fingerprint density at radius 1 is 1.10 bits per heavy atom. The normalized spacial score (nSPS) is 45.8. The maximum atomic E-state index is 10.2. The minimum absolute atomic E-state index is 0.0833. The first-order valence-electron chi connectivity index (χ1n) is 13.2. The van der Waals surface area contributed by atoms with Gasteiger partial charge in [0.2, 0.25) is 0 Å². The van der Waals surface area contributed by atoms with E-state index in [0.717, 1.165) is 48.3 Å². The minimum atomic E-state index is -0.0833. The zero-order valence-corrected chi connectivity index (χ0v) is 20.7. The number of hydrogen-bond donors (Lipinski definition) is 1. The molecule has 0 saturated heterocycles. The summed E-state index contributed by atoms with van der Waals surface area (Å²) in [5.41, 5.74) is 4.12. The molecule has 0 unspecified atom stereocenters. The number of aliphatic hydroxyl groups is 1. The van der Waals surface area contributed by atoms with Gasteiger partial charge in [-0.1, -0.05) is 51.0 Å². The fourth-order valence-electron chi connectivity index (χ4n) is 8.84. The molecular weight excluding hydrogens is 364 g/mol. The van der Waals surface area contributed by atoms with Crippen molar-refractivity contribution in [2.24, 2.45) is 46.3 Å². The molecule has 9 atom stereocenters. The highest BCUT2D eigenvalue weighted by Crippen LogP contribution is 2.67. The summed E-state index contributed by atoms with van der Waals surface area (Å²) in [7, 11) is 0. The number of aliphatic hydroxyl groups excluding tert-OH is 1. The van der Waals surface area contributed by atoms with E-state index >= 15 is 0 Å². The molecule has 0 aliphatic heterocycles. The Hall–Kier alpha value is -0.560. The predicted molar refractivity (Wildman–Crippen MR) is 128 cm³/mol. The molecule has 3 fully saturated rings.